The molecule has 3 rings (SSSR count). The molecule has 246 valence electrons. The number of rotatable bonds is 14. The second-order valence-corrected chi connectivity index (χ2v) is 15.6. The highest BCUT2D eigenvalue weighted by atomic mass is 35.5. The summed E-state index contributed by atoms with van der Waals surface area (Å²) in [6.45, 7) is 15.7. The number of halogens is 2. The van der Waals surface area contributed by atoms with Gasteiger partial charge in [-0.15, -0.1) is 0 Å². The van der Waals surface area contributed by atoms with Crippen LogP contribution >= 0.6 is 23.2 Å². The van der Waals surface area contributed by atoms with Gasteiger partial charge in [-0.25, -0.2) is 0 Å². The van der Waals surface area contributed by atoms with E-state index in [2.05, 4.69) is 46.9 Å². The molecule has 9 heteroatoms. The summed E-state index contributed by atoms with van der Waals surface area (Å²) >= 11 is 12.7. The topological polar surface area (TPSA) is 99.1 Å². The first-order chi connectivity index (χ1) is 20.9. The van der Waals surface area contributed by atoms with Gasteiger partial charge in [-0.3, -0.25) is 19.4 Å². The number of carbonyl (C=O) groups excluding carboxylic acids is 2. The van der Waals surface area contributed by atoms with E-state index in [9.17, 15) is 14.4 Å². The zero-order chi connectivity index (χ0) is 33.6. The number of hydrogen-bond donors (Lipinski definition) is 2. The first kappa shape index (κ1) is 36.6. The summed E-state index contributed by atoms with van der Waals surface area (Å²) in [6.07, 6.45) is 5.36. The number of aliphatic carboxylic acids is 1. The van der Waals surface area contributed by atoms with Crippen LogP contribution in [-0.2, 0) is 9.59 Å². The molecule has 7 nitrogen and oxygen atoms in total. The van der Waals surface area contributed by atoms with Crippen molar-refractivity contribution in [2.24, 2.45) is 15.8 Å². The largest absolute Gasteiger partial charge is 0.481 e. The number of amides is 2. The number of carboxylic acids is 1. The monoisotopic (exact) mass is 657 g/mol. The van der Waals surface area contributed by atoms with E-state index in [0.29, 0.717) is 52.7 Å². The van der Waals surface area contributed by atoms with Crippen molar-refractivity contribution in [3.8, 4) is 0 Å². The van der Waals surface area contributed by atoms with Crippen molar-refractivity contribution in [3.05, 3.63) is 69.2 Å². The lowest BCUT2D eigenvalue weighted by Gasteiger charge is -2.41. The van der Waals surface area contributed by atoms with Crippen LogP contribution < -0.4 is 5.32 Å². The maximum atomic E-state index is 14.4. The number of benzene rings is 2. The number of hydrogen-bond acceptors (Lipinski definition) is 4. The summed E-state index contributed by atoms with van der Waals surface area (Å²) in [5.74, 6) is -1.21. The van der Waals surface area contributed by atoms with Crippen molar-refractivity contribution >= 4 is 46.7 Å². The number of carbonyl (C=O) groups is 3. The fourth-order valence-corrected chi connectivity index (χ4v) is 6.26. The number of nitrogens with zero attached hydrogens (tertiary/aromatic N) is 2. The Bertz CT molecular complexity index is 1370. The van der Waals surface area contributed by atoms with Gasteiger partial charge in [-0.05, 0) is 98.6 Å². The van der Waals surface area contributed by atoms with Gasteiger partial charge in [0.1, 0.15) is 11.4 Å². The van der Waals surface area contributed by atoms with E-state index >= 15 is 0 Å². The van der Waals surface area contributed by atoms with E-state index < -0.39 is 11.6 Å². The Morgan fingerprint density at radius 2 is 1.53 bits per heavy atom. The molecule has 2 N–H and O–H groups in total. The third kappa shape index (κ3) is 10.8. The first-order valence-corrected chi connectivity index (χ1v) is 16.6. The molecule has 0 aliphatic carbocycles. The summed E-state index contributed by atoms with van der Waals surface area (Å²) < 4.78 is 0. The Kier molecular flexibility index (Phi) is 12.3. The Morgan fingerprint density at radius 3 is 2.09 bits per heavy atom. The summed E-state index contributed by atoms with van der Waals surface area (Å²) in [5.41, 5.74) is 1.81. The predicted molar refractivity (Wildman–Crippen MR) is 183 cm³/mol. The normalized spacial score (nSPS) is 17.8. The third-order valence-electron chi connectivity index (χ3n) is 8.15. The first-order valence-electron chi connectivity index (χ1n) is 15.9. The lowest BCUT2D eigenvalue weighted by Crippen LogP contribution is -2.47. The van der Waals surface area contributed by atoms with Crippen LogP contribution in [0, 0.1) is 10.8 Å². The maximum absolute atomic E-state index is 14.4. The van der Waals surface area contributed by atoms with Crippen LogP contribution in [0.4, 0.5) is 0 Å². The van der Waals surface area contributed by atoms with Crippen molar-refractivity contribution in [2.45, 2.75) is 112 Å². The Morgan fingerprint density at radius 1 is 0.933 bits per heavy atom. The molecule has 2 amide bonds. The van der Waals surface area contributed by atoms with Gasteiger partial charge < -0.3 is 15.3 Å². The van der Waals surface area contributed by atoms with Crippen LogP contribution in [0.5, 0.6) is 0 Å². The summed E-state index contributed by atoms with van der Waals surface area (Å²) in [7, 11) is 0. The molecule has 0 bridgehead atoms. The van der Waals surface area contributed by atoms with E-state index in [0.717, 1.165) is 31.2 Å². The molecule has 2 unspecified atom stereocenters. The minimum absolute atomic E-state index is 0.0360. The predicted octanol–water partition coefficient (Wildman–Crippen LogP) is 9.11. The smallest absolute Gasteiger partial charge is 0.303 e. The van der Waals surface area contributed by atoms with Crippen LogP contribution in [0.25, 0.3) is 0 Å². The van der Waals surface area contributed by atoms with Gasteiger partial charge in [0.2, 0.25) is 0 Å². The number of unbranched alkanes of at least 4 members (excludes halogenated alkanes) is 1. The van der Waals surface area contributed by atoms with E-state index in [-0.39, 0.29) is 35.1 Å². The van der Waals surface area contributed by atoms with Crippen molar-refractivity contribution in [1.82, 2.24) is 10.2 Å². The maximum Gasteiger partial charge on any atom is 0.303 e. The fourth-order valence-electron chi connectivity index (χ4n) is 5.74. The van der Waals surface area contributed by atoms with Gasteiger partial charge >= 0.3 is 5.97 Å². The summed E-state index contributed by atoms with van der Waals surface area (Å²) in [4.78, 5) is 45.1. The molecule has 2 aromatic carbocycles. The van der Waals surface area contributed by atoms with Gasteiger partial charge in [0.15, 0.2) is 0 Å². The summed E-state index contributed by atoms with van der Waals surface area (Å²) in [6, 6.07) is 12.3. The molecule has 0 aromatic heterocycles. The number of nitrogens with one attached hydrogen (secondary N) is 1. The molecule has 0 fully saturated rings. The molecule has 0 saturated carbocycles. The Balaban J connectivity index is 1.97. The van der Waals surface area contributed by atoms with E-state index in [1.807, 2.05) is 24.0 Å². The molecule has 0 radical (unpaired) electrons. The molecule has 2 atom stereocenters. The van der Waals surface area contributed by atoms with Crippen molar-refractivity contribution in [1.29, 1.82) is 0 Å². The molecular weight excluding hydrogens is 609 g/mol. The second kappa shape index (κ2) is 15.1. The Hall–Kier alpha value is -2.90. The lowest BCUT2D eigenvalue weighted by molar-refractivity contribution is -0.137. The molecule has 1 heterocycles. The quantitative estimate of drug-likeness (QED) is 0.198. The van der Waals surface area contributed by atoms with E-state index in [4.69, 9.17) is 33.3 Å². The van der Waals surface area contributed by atoms with Crippen molar-refractivity contribution in [3.63, 3.8) is 0 Å². The molecule has 45 heavy (non-hydrogen) atoms. The molecule has 2 aromatic rings. The van der Waals surface area contributed by atoms with Crippen molar-refractivity contribution < 1.29 is 19.5 Å². The lowest BCUT2D eigenvalue weighted by atomic mass is 9.84. The highest BCUT2D eigenvalue weighted by Gasteiger charge is 2.47. The van der Waals surface area contributed by atoms with Crippen molar-refractivity contribution in [2.75, 3.05) is 6.54 Å². The number of aliphatic imine (C=N–C) groups is 1. The van der Waals surface area contributed by atoms with E-state index in [1.54, 1.807) is 30.3 Å². The van der Waals surface area contributed by atoms with Crippen LogP contribution in [0.15, 0.2) is 47.5 Å². The Labute approximate surface area is 278 Å². The molecule has 0 saturated heterocycles. The molecule has 0 spiro atoms. The summed E-state index contributed by atoms with van der Waals surface area (Å²) in [5, 5.41) is 12.6. The van der Waals surface area contributed by atoms with Gasteiger partial charge in [-0.1, -0.05) is 76.9 Å². The van der Waals surface area contributed by atoms with Gasteiger partial charge in [0.25, 0.3) is 11.8 Å². The highest BCUT2D eigenvalue weighted by Crippen LogP contribution is 2.43. The highest BCUT2D eigenvalue weighted by molar-refractivity contribution is 6.47. The minimum Gasteiger partial charge on any atom is -0.481 e. The molecule has 1 aliphatic heterocycles. The standard InChI is InChI=1S/C36H49Cl2N3O4/c1-34(2,3)17-10-18-36(7)40-31(26-21-27(37)23-28(38)22-26)33(45)41(36)29(16-19-35(4,5)6)24-12-14-25(15-13-24)32(44)39-20-9-8-11-30(42)43/h12-15,21-23,29H,8-11,16-20H2,1-7H3,(H,39,44)(H,42,43). The zero-order valence-electron chi connectivity index (χ0n) is 27.8. The third-order valence-corrected chi connectivity index (χ3v) is 8.58. The van der Waals surface area contributed by atoms with E-state index in [1.165, 1.54) is 0 Å². The van der Waals surface area contributed by atoms with Gasteiger partial charge in [0.05, 0.1) is 6.04 Å². The van der Waals surface area contributed by atoms with Crippen LogP contribution in [0.2, 0.25) is 10.0 Å². The molecule has 1 aliphatic rings. The number of carboxylic acid groups (broad SMARTS) is 1. The second-order valence-electron chi connectivity index (χ2n) is 14.8. The average molecular weight is 659 g/mol. The zero-order valence-corrected chi connectivity index (χ0v) is 29.3. The van der Waals surface area contributed by atoms with Gasteiger partial charge in [-0.2, -0.15) is 0 Å². The van der Waals surface area contributed by atoms with Crippen LogP contribution in [0.1, 0.15) is 127 Å². The SMILES string of the molecule is CC(C)(C)CCCC1(C)N=C(c2cc(Cl)cc(Cl)c2)C(=O)N1C(CCC(C)(C)C)c1ccc(C(=O)NCCCCC(=O)O)cc1. The minimum atomic E-state index is -0.839. The van der Waals surface area contributed by atoms with Gasteiger partial charge in [0, 0.05) is 34.1 Å². The fraction of sp³-hybridized carbons (Fsp3) is 0.556. The molecular formula is C36H49Cl2N3O4. The van der Waals surface area contributed by atoms with Crippen LogP contribution in [-0.4, -0.2) is 45.7 Å². The van der Waals surface area contributed by atoms with Crippen LogP contribution in [0.3, 0.4) is 0 Å². The average Bonchev–Trinajstić information content (AvgIpc) is 3.17.